The molecule has 3 aromatic rings. The van der Waals surface area contributed by atoms with Crippen LogP contribution in [-0.2, 0) is 11.3 Å². The number of aromatic nitrogens is 1. The van der Waals surface area contributed by atoms with Crippen molar-refractivity contribution in [2.45, 2.75) is 25.9 Å². The van der Waals surface area contributed by atoms with Crippen molar-refractivity contribution in [3.05, 3.63) is 65.9 Å². The van der Waals surface area contributed by atoms with Crippen LogP contribution < -0.4 is 0 Å². The van der Waals surface area contributed by atoms with Crippen LogP contribution >= 0.6 is 0 Å². The van der Waals surface area contributed by atoms with Gasteiger partial charge in [0.2, 0.25) is 0 Å². The smallest absolute Gasteiger partial charge is 0.326 e. The van der Waals surface area contributed by atoms with Crippen molar-refractivity contribution in [2.24, 2.45) is 0 Å². The lowest BCUT2D eigenvalue weighted by atomic mass is 9.98. The molecule has 2 aromatic carbocycles. The highest BCUT2D eigenvalue weighted by Crippen LogP contribution is 2.33. The number of carboxylic acids is 1. The maximum absolute atomic E-state index is 12.8. The summed E-state index contributed by atoms with van der Waals surface area (Å²) in [6.07, 6.45) is 2.15. The van der Waals surface area contributed by atoms with Crippen molar-refractivity contribution in [1.29, 1.82) is 0 Å². The molecule has 0 saturated carbocycles. The Hall–Kier alpha value is -3.21. The second kappa shape index (κ2) is 6.26. The number of para-hydroxylation sites is 1. The fourth-order valence-electron chi connectivity index (χ4n) is 3.62. The first-order valence-corrected chi connectivity index (χ1v) is 8.61. The predicted molar refractivity (Wildman–Crippen MR) is 98.8 cm³/mol. The van der Waals surface area contributed by atoms with Gasteiger partial charge in [0.15, 0.2) is 0 Å². The highest BCUT2D eigenvalue weighted by molar-refractivity contribution is 6.02. The van der Waals surface area contributed by atoms with Crippen molar-refractivity contribution in [3.8, 4) is 11.1 Å². The van der Waals surface area contributed by atoms with E-state index in [1.807, 2.05) is 48.5 Å². The van der Waals surface area contributed by atoms with E-state index in [1.165, 1.54) is 4.90 Å². The van der Waals surface area contributed by atoms with Crippen molar-refractivity contribution in [1.82, 2.24) is 9.88 Å². The van der Waals surface area contributed by atoms with Gasteiger partial charge in [0.05, 0.1) is 5.52 Å². The second-order valence-electron chi connectivity index (χ2n) is 6.44. The number of hydrogen-bond acceptors (Lipinski definition) is 3. The summed E-state index contributed by atoms with van der Waals surface area (Å²) >= 11 is 0. The molecule has 5 nitrogen and oxygen atoms in total. The lowest BCUT2D eigenvalue weighted by Crippen LogP contribution is -2.40. The monoisotopic (exact) mass is 346 g/mol. The zero-order chi connectivity index (χ0) is 18.3. The van der Waals surface area contributed by atoms with Crippen molar-refractivity contribution < 1.29 is 14.7 Å². The van der Waals surface area contributed by atoms with E-state index in [1.54, 1.807) is 13.1 Å². The van der Waals surface area contributed by atoms with Crippen LogP contribution in [0.2, 0.25) is 0 Å². The summed E-state index contributed by atoms with van der Waals surface area (Å²) in [7, 11) is 0. The molecular weight excluding hydrogens is 328 g/mol. The number of nitrogens with zero attached hydrogens (tertiary/aromatic N) is 2. The molecule has 4 rings (SSSR count). The Morgan fingerprint density at radius 1 is 1.19 bits per heavy atom. The molecule has 1 aliphatic heterocycles. The number of carboxylic acid groups (broad SMARTS) is 1. The molecule has 2 heterocycles. The molecule has 0 radical (unpaired) electrons. The highest BCUT2D eigenvalue weighted by atomic mass is 16.4. The summed E-state index contributed by atoms with van der Waals surface area (Å²) in [5.74, 6) is -1.18. The van der Waals surface area contributed by atoms with E-state index in [4.69, 9.17) is 0 Å². The zero-order valence-electron chi connectivity index (χ0n) is 14.3. The van der Waals surface area contributed by atoms with Crippen LogP contribution in [0.5, 0.6) is 0 Å². The Balaban J connectivity index is 1.77. The molecule has 26 heavy (non-hydrogen) atoms. The minimum Gasteiger partial charge on any atom is -0.480 e. The first kappa shape index (κ1) is 16.3. The lowest BCUT2D eigenvalue weighted by Gasteiger charge is -2.22. The van der Waals surface area contributed by atoms with E-state index in [0.717, 1.165) is 27.6 Å². The first-order valence-electron chi connectivity index (χ1n) is 8.61. The van der Waals surface area contributed by atoms with E-state index in [0.29, 0.717) is 18.5 Å². The van der Waals surface area contributed by atoms with Gasteiger partial charge in [0.25, 0.3) is 5.91 Å². The van der Waals surface area contributed by atoms with Crippen LogP contribution in [0.3, 0.4) is 0 Å². The molecule has 0 saturated heterocycles. The average molecular weight is 346 g/mol. The summed E-state index contributed by atoms with van der Waals surface area (Å²) in [5.41, 5.74) is 4.30. The molecule has 130 valence electrons. The van der Waals surface area contributed by atoms with E-state index < -0.39 is 12.0 Å². The lowest BCUT2D eigenvalue weighted by molar-refractivity contribution is -0.142. The minimum atomic E-state index is -0.964. The number of carbonyl (C=O) groups excluding carboxylic acids is 1. The van der Waals surface area contributed by atoms with E-state index >= 15 is 0 Å². The van der Waals surface area contributed by atoms with Crippen molar-refractivity contribution >= 4 is 22.8 Å². The van der Waals surface area contributed by atoms with Crippen LogP contribution in [0.15, 0.2) is 54.7 Å². The summed E-state index contributed by atoms with van der Waals surface area (Å²) in [6.45, 7) is 2.12. The van der Waals surface area contributed by atoms with Gasteiger partial charge in [-0.3, -0.25) is 9.78 Å². The number of benzene rings is 2. The molecular formula is C21H18N2O3. The average Bonchev–Trinajstić information content (AvgIpc) is 2.97. The van der Waals surface area contributed by atoms with Crippen LogP contribution in [0.25, 0.3) is 22.0 Å². The van der Waals surface area contributed by atoms with Crippen LogP contribution in [0, 0.1) is 0 Å². The van der Waals surface area contributed by atoms with Gasteiger partial charge in [-0.25, -0.2) is 4.79 Å². The van der Waals surface area contributed by atoms with Gasteiger partial charge in [-0.2, -0.15) is 0 Å². The molecule has 1 unspecified atom stereocenters. The zero-order valence-corrected chi connectivity index (χ0v) is 14.3. The minimum absolute atomic E-state index is 0.213. The van der Waals surface area contributed by atoms with Gasteiger partial charge in [-0.1, -0.05) is 37.3 Å². The van der Waals surface area contributed by atoms with Gasteiger partial charge in [-0.15, -0.1) is 0 Å². The van der Waals surface area contributed by atoms with Gasteiger partial charge in [0, 0.05) is 23.7 Å². The highest BCUT2D eigenvalue weighted by Gasteiger charge is 2.35. The van der Waals surface area contributed by atoms with Gasteiger partial charge >= 0.3 is 5.97 Å². The molecule has 0 aliphatic carbocycles. The summed E-state index contributed by atoms with van der Waals surface area (Å²) < 4.78 is 0. The number of rotatable bonds is 4. The normalized spacial score (nSPS) is 14.5. The largest absolute Gasteiger partial charge is 0.480 e. The maximum atomic E-state index is 12.8. The first-order chi connectivity index (χ1) is 12.6. The fraction of sp³-hybridized carbons (Fsp3) is 0.190. The summed E-state index contributed by atoms with van der Waals surface area (Å²) in [5, 5.41) is 10.4. The second-order valence-corrected chi connectivity index (χ2v) is 6.44. The standard InChI is InChI=1S/C21H18N2O3/c1-2-19(21(25)26)23-12-14-8-7-13(11-17(14)20(23)24)15-9-10-22-18-6-4-3-5-16(15)18/h3-11,19H,2,12H2,1H3,(H,25,26). The number of fused-ring (bicyclic) bond motifs is 2. The Labute approximate surface area is 150 Å². The molecule has 1 N–H and O–H groups in total. The SMILES string of the molecule is CCC(C(=O)O)N1Cc2ccc(-c3ccnc4ccccc34)cc2C1=O. The van der Waals surface area contributed by atoms with E-state index in [-0.39, 0.29) is 5.91 Å². The third kappa shape index (κ3) is 2.52. The predicted octanol–water partition coefficient (Wildman–Crippen LogP) is 3.72. The van der Waals surface area contributed by atoms with E-state index in [9.17, 15) is 14.7 Å². The van der Waals surface area contributed by atoms with Gasteiger partial charge < -0.3 is 10.0 Å². The Kier molecular flexibility index (Phi) is 3.92. The fourth-order valence-corrected chi connectivity index (χ4v) is 3.62. The molecule has 1 amide bonds. The topological polar surface area (TPSA) is 70.5 Å². The Morgan fingerprint density at radius 2 is 2.00 bits per heavy atom. The van der Waals surface area contributed by atoms with Gasteiger partial charge in [0.1, 0.15) is 6.04 Å². The quantitative estimate of drug-likeness (QED) is 0.781. The van der Waals surface area contributed by atoms with Crippen LogP contribution in [0.1, 0.15) is 29.3 Å². The van der Waals surface area contributed by atoms with Crippen molar-refractivity contribution in [2.75, 3.05) is 0 Å². The molecule has 1 aliphatic rings. The third-order valence-corrected chi connectivity index (χ3v) is 4.95. The molecule has 0 fully saturated rings. The molecule has 1 atom stereocenters. The summed E-state index contributed by atoms with van der Waals surface area (Å²) in [4.78, 5) is 30.1. The Morgan fingerprint density at radius 3 is 2.77 bits per heavy atom. The van der Waals surface area contributed by atoms with Crippen LogP contribution in [0.4, 0.5) is 0 Å². The third-order valence-electron chi connectivity index (χ3n) is 4.95. The number of hydrogen-bond donors (Lipinski definition) is 1. The number of pyridine rings is 1. The molecule has 1 aromatic heterocycles. The maximum Gasteiger partial charge on any atom is 0.326 e. The number of amides is 1. The van der Waals surface area contributed by atoms with Crippen LogP contribution in [-0.4, -0.2) is 32.9 Å². The molecule has 5 heteroatoms. The molecule has 0 spiro atoms. The number of aliphatic carboxylic acids is 1. The summed E-state index contributed by atoms with van der Waals surface area (Å²) in [6, 6.07) is 14.8. The van der Waals surface area contributed by atoms with E-state index in [2.05, 4.69) is 4.98 Å². The van der Waals surface area contributed by atoms with Gasteiger partial charge in [-0.05, 0) is 41.3 Å². The van der Waals surface area contributed by atoms with Crippen molar-refractivity contribution in [3.63, 3.8) is 0 Å². The Bertz CT molecular complexity index is 1020. The molecule has 0 bridgehead atoms. The number of carbonyl (C=O) groups is 2.